The normalized spacial score (nSPS) is 16.3. The predicted molar refractivity (Wildman–Crippen MR) is 90.9 cm³/mol. The number of carbonyl (C=O) groups excluding carboxylic acids is 1. The van der Waals surface area contributed by atoms with Crippen molar-refractivity contribution in [2.75, 3.05) is 0 Å². The molecular formula is C19H17FN4O. The van der Waals surface area contributed by atoms with Crippen molar-refractivity contribution in [2.24, 2.45) is 0 Å². The van der Waals surface area contributed by atoms with Gasteiger partial charge in [0, 0.05) is 11.3 Å². The zero-order valence-electron chi connectivity index (χ0n) is 13.5. The van der Waals surface area contributed by atoms with Crippen LogP contribution in [0.3, 0.4) is 0 Å². The van der Waals surface area contributed by atoms with Crippen LogP contribution in [-0.4, -0.2) is 20.7 Å². The molecule has 1 heterocycles. The number of aromatic nitrogens is 3. The summed E-state index contributed by atoms with van der Waals surface area (Å²) in [5.41, 5.74) is 3.45. The molecule has 4 rings (SSSR count). The third-order valence-corrected chi connectivity index (χ3v) is 4.57. The first-order valence-electron chi connectivity index (χ1n) is 8.25. The first-order chi connectivity index (χ1) is 12.2. The Hall–Kier alpha value is -3.02. The summed E-state index contributed by atoms with van der Waals surface area (Å²) in [4.78, 5) is 12.6. The van der Waals surface area contributed by atoms with E-state index in [2.05, 4.69) is 15.5 Å². The van der Waals surface area contributed by atoms with E-state index in [1.54, 1.807) is 29.4 Å². The molecule has 0 radical (unpaired) electrons. The molecule has 6 heteroatoms. The van der Waals surface area contributed by atoms with Crippen molar-refractivity contribution in [3.05, 3.63) is 77.6 Å². The Balaban J connectivity index is 1.52. The molecule has 1 atom stereocenters. The highest BCUT2D eigenvalue weighted by Crippen LogP contribution is 2.30. The summed E-state index contributed by atoms with van der Waals surface area (Å²) in [5, 5.41) is 10.6. The molecule has 126 valence electrons. The average Bonchev–Trinajstić information content (AvgIpc) is 3.17. The topological polar surface area (TPSA) is 59.8 Å². The number of carbonyl (C=O) groups is 1. The van der Waals surface area contributed by atoms with Crippen LogP contribution in [0.25, 0.3) is 5.69 Å². The van der Waals surface area contributed by atoms with E-state index in [-0.39, 0.29) is 17.8 Å². The Labute approximate surface area is 144 Å². The Morgan fingerprint density at radius 1 is 1.12 bits per heavy atom. The molecule has 1 aliphatic rings. The van der Waals surface area contributed by atoms with Crippen LogP contribution in [0.2, 0.25) is 0 Å². The van der Waals surface area contributed by atoms with Crippen molar-refractivity contribution >= 4 is 5.91 Å². The molecule has 0 unspecified atom stereocenters. The molecule has 1 N–H and O–H groups in total. The van der Waals surface area contributed by atoms with Crippen molar-refractivity contribution in [2.45, 2.75) is 25.3 Å². The van der Waals surface area contributed by atoms with Gasteiger partial charge in [0.05, 0.1) is 6.04 Å². The maximum Gasteiger partial charge on any atom is 0.251 e. The fourth-order valence-corrected chi connectivity index (χ4v) is 3.28. The lowest BCUT2D eigenvalue weighted by molar-refractivity contribution is 0.0932. The number of nitrogens with one attached hydrogen (secondary N) is 1. The van der Waals surface area contributed by atoms with Crippen LogP contribution < -0.4 is 5.32 Å². The summed E-state index contributed by atoms with van der Waals surface area (Å²) in [6.07, 6.45) is 5.93. The van der Waals surface area contributed by atoms with Crippen LogP contribution in [0.5, 0.6) is 0 Å². The third-order valence-electron chi connectivity index (χ3n) is 4.57. The smallest absolute Gasteiger partial charge is 0.251 e. The van der Waals surface area contributed by atoms with Gasteiger partial charge in [-0.1, -0.05) is 6.07 Å². The van der Waals surface area contributed by atoms with Gasteiger partial charge in [-0.05, 0) is 66.8 Å². The highest BCUT2D eigenvalue weighted by Gasteiger charge is 2.22. The molecular weight excluding hydrogens is 319 g/mol. The number of halogens is 1. The van der Waals surface area contributed by atoms with Gasteiger partial charge in [0.15, 0.2) is 0 Å². The molecule has 0 bridgehead atoms. The molecule has 3 aromatic rings. The molecule has 2 aromatic carbocycles. The number of nitrogens with zero attached hydrogens (tertiary/aromatic N) is 3. The Kier molecular flexibility index (Phi) is 4.01. The minimum absolute atomic E-state index is 0.149. The molecule has 1 aromatic heterocycles. The van der Waals surface area contributed by atoms with Crippen molar-refractivity contribution in [3.8, 4) is 5.69 Å². The molecule has 0 fully saturated rings. The molecule has 1 amide bonds. The second-order valence-corrected chi connectivity index (χ2v) is 6.18. The highest BCUT2D eigenvalue weighted by atomic mass is 19.1. The fraction of sp³-hybridized carbons (Fsp3) is 0.211. The lowest BCUT2D eigenvalue weighted by Crippen LogP contribution is -2.31. The van der Waals surface area contributed by atoms with Crippen molar-refractivity contribution in [3.63, 3.8) is 0 Å². The number of fused-ring (bicyclic) bond motifs is 1. The van der Waals surface area contributed by atoms with E-state index in [0.717, 1.165) is 36.1 Å². The number of benzene rings is 2. The van der Waals surface area contributed by atoms with Crippen LogP contribution in [-0.2, 0) is 6.42 Å². The van der Waals surface area contributed by atoms with Crippen LogP contribution in [0.4, 0.5) is 4.39 Å². The van der Waals surface area contributed by atoms with E-state index in [1.165, 1.54) is 12.1 Å². The van der Waals surface area contributed by atoms with Crippen molar-refractivity contribution in [1.82, 2.24) is 20.1 Å². The number of amides is 1. The van der Waals surface area contributed by atoms with E-state index in [9.17, 15) is 9.18 Å². The number of aryl methyl sites for hydroxylation is 1. The van der Waals surface area contributed by atoms with Gasteiger partial charge >= 0.3 is 0 Å². The van der Waals surface area contributed by atoms with Gasteiger partial charge in [0.1, 0.15) is 18.5 Å². The second-order valence-electron chi connectivity index (χ2n) is 6.18. The highest BCUT2D eigenvalue weighted by molar-refractivity contribution is 5.94. The molecule has 0 saturated carbocycles. The number of rotatable bonds is 3. The van der Waals surface area contributed by atoms with E-state index < -0.39 is 0 Å². The Morgan fingerprint density at radius 2 is 1.88 bits per heavy atom. The largest absolute Gasteiger partial charge is 0.345 e. The zero-order valence-corrected chi connectivity index (χ0v) is 13.5. The molecule has 0 spiro atoms. The Bertz CT molecular complexity index is 890. The van der Waals surface area contributed by atoms with E-state index in [0.29, 0.717) is 5.56 Å². The molecule has 0 saturated heterocycles. The Morgan fingerprint density at radius 3 is 2.64 bits per heavy atom. The summed E-state index contributed by atoms with van der Waals surface area (Å²) >= 11 is 0. The summed E-state index contributed by atoms with van der Waals surface area (Å²) < 4.78 is 15.3. The van der Waals surface area contributed by atoms with E-state index in [4.69, 9.17) is 0 Å². The van der Waals surface area contributed by atoms with Crippen molar-refractivity contribution in [1.29, 1.82) is 0 Å². The van der Waals surface area contributed by atoms with E-state index in [1.807, 2.05) is 18.2 Å². The first-order valence-corrected chi connectivity index (χ1v) is 8.25. The lowest BCUT2D eigenvalue weighted by Gasteiger charge is -2.26. The lowest BCUT2D eigenvalue weighted by atomic mass is 9.87. The molecule has 0 aliphatic heterocycles. The van der Waals surface area contributed by atoms with Gasteiger partial charge in [-0.2, -0.15) is 0 Å². The van der Waals surface area contributed by atoms with Crippen molar-refractivity contribution < 1.29 is 9.18 Å². The first kappa shape index (κ1) is 15.5. The summed E-state index contributed by atoms with van der Waals surface area (Å²) in [6.45, 7) is 0. The van der Waals surface area contributed by atoms with Crippen LogP contribution >= 0.6 is 0 Å². The summed E-state index contributed by atoms with van der Waals surface area (Å²) in [5.74, 6) is -0.421. The van der Waals surface area contributed by atoms with Crippen LogP contribution in [0.15, 0.2) is 55.1 Å². The monoisotopic (exact) mass is 336 g/mol. The van der Waals surface area contributed by atoms with Crippen LogP contribution in [0.1, 0.15) is 40.4 Å². The molecule has 25 heavy (non-hydrogen) atoms. The standard InChI is InChI=1S/C19H17FN4O/c20-15-7-4-13-2-1-3-18(17(13)10-15)23-19(25)14-5-8-16(9-6-14)24-11-21-22-12-24/h4-12,18H,1-3H2,(H,23,25)/t18-/m1/s1. The predicted octanol–water partition coefficient (Wildman–Crippen LogP) is 3.21. The summed E-state index contributed by atoms with van der Waals surface area (Å²) in [7, 11) is 0. The number of hydrogen-bond donors (Lipinski definition) is 1. The van der Waals surface area contributed by atoms with Gasteiger partial charge in [0.2, 0.25) is 0 Å². The van der Waals surface area contributed by atoms with Gasteiger partial charge in [-0.25, -0.2) is 4.39 Å². The van der Waals surface area contributed by atoms with Gasteiger partial charge in [0.25, 0.3) is 5.91 Å². The second kappa shape index (κ2) is 6.47. The van der Waals surface area contributed by atoms with Gasteiger partial charge in [-0.15, -0.1) is 10.2 Å². The van der Waals surface area contributed by atoms with Crippen LogP contribution in [0, 0.1) is 5.82 Å². The zero-order chi connectivity index (χ0) is 17.2. The maximum absolute atomic E-state index is 13.6. The number of hydrogen-bond acceptors (Lipinski definition) is 3. The minimum Gasteiger partial charge on any atom is -0.345 e. The van der Waals surface area contributed by atoms with Gasteiger partial charge in [-0.3, -0.25) is 9.36 Å². The minimum atomic E-state index is -0.266. The molecule has 5 nitrogen and oxygen atoms in total. The third kappa shape index (κ3) is 3.15. The van der Waals surface area contributed by atoms with E-state index >= 15 is 0 Å². The van der Waals surface area contributed by atoms with Gasteiger partial charge < -0.3 is 5.32 Å². The fourth-order valence-electron chi connectivity index (χ4n) is 3.28. The summed E-state index contributed by atoms with van der Waals surface area (Å²) in [6, 6.07) is 11.9. The SMILES string of the molecule is O=C(N[C@@H]1CCCc2ccc(F)cc21)c1ccc(-n2cnnc2)cc1. The average molecular weight is 336 g/mol. The molecule has 1 aliphatic carbocycles. The quantitative estimate of drug-likeness (QED) is 0.799. The maximum atomic E-state index is 13.6.